The molecule has 0 saturated heterocycles. The normalized spacial score (nSPS) is 10.5. The second-order valence-electron chi connectivity index (χ2n) is 6.21. The Morgan fingerprint density at radius 1 is 1.14 bits per heavy atom. The molecule has 2 amide bonds. The quantitative estimate of drug-likeness (QED) is 0.601. The van der Waals surface area contributed by atoms with Crippen molar-refractivity contribution in [1.82, 2.24) is 20.1 Å². The van der Waals surface area contributed by atoms with Crippen molar-refractivity contribution in [2.45, 2.75) is 25.5 Å². The SMILES string of the molecule is CC(=O)Nc1cccc(-n2cnnc2SCC(=O)NCc2ccccc2C)c1. The molecule has 0 fully saturated rings. The maximum atomic E-state index is 12.2. The van der Waals surface area contributed by atoms with Crippen LogP contribution in [0.15, 0.2) is 60.0 Å². The van der Waals surface area contributed by atoms with E-state index in [-0.39, 0.29) is 17.6 Å². The van der Waals surface area contributed by atoms with E-state index in [1.165, 1.54) is 18.7 Å². The Morgan fingerprint density at radius 3 is 2.75 bits per heavy atom. The van der Waals surface area contributed by atoms with E-state index in [2.05, 4.69) is 20.8 Å². The van der Waals surface area contributed by atoms with Crippen molar-refractivity contribution in [3.63, 3.8) is 0 Å². The summed E-state index contributed by atoms with van der Waals surface area (Å²) in [6.45, 7) is 3.98. The number of thioether (sulfide) groups is 1. The Morgan fingerprint density at radius 2 is 1.96 bits per heavy atom. The predicted molar refractivity (Wildman–Crippen MR) is 109 cm³/mol. The highest BCUT2D eigenvalue weighted by molar-refractivity contribution is 7.99. The Balaban J connectivity index is 1.61. The lowest BCUT2D eigenvalue weighted by Crippen LogP contribution is -2.25. The van der Waals surface area contributed by atoms with Gasteiger partial charge < -0.3 is 10.6 Å². The lowest BCUT2D eigenvalue weighted by molar-refractivity contribution is -0.118. The van der Waals surface area contributed by atoms with Crippen LogP contribution in [-0.2, 0) is 16.1 Å². The van der Waals surface area contributed by atoms with Gasteiger partial charge in [0.2, 0.25) is 11.8 Å². The van der Waals surface area contributed by atoms with Crippen LogP contribution in [0.2, 0.25) is 0 Å². The highest BCUT2D eigenvalue weighted by atomic mass is 32.2. The zero-order valence-electron chi connectivity index (χ0n) is 15.7. The zero-order chi connectivity index (χ0) is 19.9. The molecule has 8 heteroatoms. The minimum atomic E-state index is -0.138. The summed E-state index contributed by atoms with van der Waals surface area (Å²) in [4.78, 5) is 23.5. The van der Waals surface area contributed by atoms with Crippen molar-refractivity contribution in [1.29, 1.82) is 0 Å². The Hall–Kier alpha value is -3.13. The molecule has 3 aromatic rings. The van der Waals surface area contributed by atoms with Gasteiger partial charge in [0.15, 0.2) is 5.16 Å². The molecule has 0 spiro atoms. The molecule has 2 N–H and O–H groups in total. The standard InChI is InChI=1S/C20H21N5O2S/c1-14-6-3-4-7-16(14)11-21-19(27)12-28-20-24-22-13-25(20)18-9-5-8-17(10-18)23-15(2)26/h3-10,13H,11-12H2,1-2H3,(H,21,27)(H,23,26). The number of aromatic nitrogens is 3. The number of carbonyl (C=O) groups excluding carboxylic acids is 2. The molecule has 1 aromatic heterocycles. The minimum Gasteiger partial charge on any atom is -0.351 e. The smallest absolute Gasteiger partial charge is 0.230 e. The zero-order valence-corrected chi connectivity index (χ0v) is 16.5. The van der Waals surface area contributed by atoms with E-state index in [1.807, 2.05) is 49.4 Å². The molecule has 0 aliphatic heterocycles. The first-order chi connectivity index (χ1) is 13.5. The largest absolute Gasteiger partial charge is 0.351 e. The summed E-state index contributed by atoms with van der Waals surface area (Å²) in [6, 6.07) is 15.3. The van der Waals surface area contributed by atoms with E-state index < -0.39 is 0 Å². The molecule has 0 radical (unpaired) electrons. The van der Waals surface area contributed by atoms with Crippen LogP contribution in [0.5, 0.6) is 0 Å². The molecule has 0 bridgehead atoms. The van der Waals surface area contributed by atoms with Crippen molar-refractivity contribution in [3.05, 3.63) is 66.0 Å². The van der Waals surface area contributed by atoms with E-state index in [4.69, 9.17) is 0 Å². The third kappa shape index (κ3) is 5.20. The first-order valence-corrected chi connectivity index (χ1v) is 9.73. The molecule has 0 saturated carbocycles. The summed E-state index contributed by atoms with van der Waals surface area (Å²) in [5.74, 6) is 0.0197. The van der Waals surface area contributed by atoms with Gasteiger partial charge in [-0.05, 0) is 36.2 Å². The summed E-state index contributed by atoms with van der Waals surface area (Å²) < 4.78 is 1.78. The van der Waals surface area contributed by atoms with Crippen LogP contribution in [0.1, 0.15) is 18.1 Å². The molecule has 2 aromatic carbocycles. The van der Waals surface area contributed by atoms with Gasteiger partial charge in [0, 0.05) is 19.2 Å². The van der Waals surface area contributed by atoms with Crippen LogP contribution in [-0.4, -0.2) is 32.3 Å². The van der Waals surface area contributed by atoms with Crippen LogP contribution < -0.4 is 10.6 Å². The van der Waals surface area contributed by atoms with Crippen molar-refractivity contribution >= 4 is 29.3 Å². The van der Waals surface area contributed by atoms with Gasteiger partial charge in [-0.2, -0.15) is 0 Å². The number of hydrogen-bond donors (Lipinski definition) is 2. The van der Waals surface area contributed by atoms with Gasteiger partial charge in [-0.25, -0.2) is 0 Å². The minimum absolute atomic E-state index is 0.0743. The number of rotatable bonds is 7. The van der Waals surface area contributed by atoms with Crippen molar-refractivity contribution in [2.75, 3.05) is 11.1 Å². The van der Waals surface area contributed by atoms with Crippen LogP contribution >= 0.6 is 11.8 Å². The monoisotopic (exact) mass is 395 g/mol. The van der Waals surface area contributed by atoms with Crippen molar-refractivity contribution < 1.29 is 9.59 Å². The first-order valence-electron chi connectivity index (χ1n) is 8.75. The highest BCUT2D eigenvalue weighted by Gasteiger charge is 2.11. The molecular weight excluding hydrogens is 374 g/mol. The van der Waals surface area contributed by atoms with Gasteiger partial charge in [-0.3, -0.25) is 14.2 Å². The number of carbonyl (C=O) groups is 2. The summed E-state index contributed by atoms with van der Waals surface area (Å²) in [7, 11) is 0. The van der Waals surface area contributed by atoms with Gasteiger partial charge in [0.05, 0.1) is 11.4 Å². The summed E-state index contributed by atoms with van der Waals surface area (Å²) in [5, 5.41) is 14.3. The maximum absolute atomic E-state index is 12.2. The van der Waals surface area contributed by atoms with Crippen molar-refractivity contribution in [2.24, 2.45) is 0 Å². The third-order valence-electron chi connectivity index (χ3n) is 4.03. The number of benzene rings is 2. The van der Waals surface area contributed by atoms with Crippen molar-refractivity contribution in [3.8, 4) is 5.69 Å². The Labute approximate surface area is 167 Å². The van der Waals surface area contributed by atoms with Gasteiger partial charge in [-0.1, -0.05) is 42.1 Å². The van der Waals surface area contributed by atoms with Crippen LogP contribution in [0.4, 0.5) is 5.69 Å². The number of nitrogens with one attached hydrogen (secondary N) is 2. The number of nitrogens with zero attached hydrogens (tertiary/aromatic N) is 3. The first kappa shape index (κ1) is 19.6. The summed E-state index contributed by atoms with van der Waals surface area (Å²) in [6.07, 6.45) is 1.58. The molecule has 0 unspecified atom stereocenters. The molecule has 1 heterocycles. The second-order valence-corrected chi connectivity index (χ2v) is 7.15. The van der Waals surface area contributed by atoms with E-state index in [1.54, 1.807) is 17.0 Å². The van der Waals surface area contributed by atoms with Crippen LogP contribution in [0, 0.1) is 6.92 Å². The third-order valence-corrected chi connectivity index (χ3v) is 4.97. The Bertz CT molecular complexity index is 986. The number of hydrogen-bond acceptors (Lipinski definition) is 5. The summed E-state index contributed by atoms with van der Waals surface area (Å²) >= 11 is 1.31. The molecular formula is C20H21N5O2S. The molecule has 28 heavy (non-hydrogen) atoms. The van der Waals surface area contributed by atoms with Gasteiger partial charge >= 0.3 is 0 Å². The van der Waals surface area contributed by atoms with Gasteiger partial charge in [0.25, 0.3) is 0 Å². The summed E-state index contributed by atoms with van der Waals surface area (Å²) in [5.41, 5.74) is 3.73. The fourth-order valence-corrected chi connectivity index (χ4v) is 3.38. The molecule has 3 rings (SSSR count). The molecule has 0 atom stereocenters. The molecule has 7 nitrogen and oxygen atoms in total. The molecule has 0 aliphatic rings. The topological polar surface area (TPSA) is 88.9 Å². The molecule has 0 aliphatic carbocycles. The Kier molecular flexibility index (Phi) is 6.44. The van der Waals surface area contributed by atoms with E-state index in [0.717, 1.165) is 16.8 Å². The number of amides is 2. The van der Waals surface area contributed by atoms with E-state index >= 15 is 0 Å². The fraction of sp³-hybridized carbons (Fsp3) is 0.200. The van der Waals surface area contributed by atoms with Crippen LogP contribution in [0.3, 0.4) is 0 Å². The average Bonchev–Trinajstić information content (AvgIpc) is 3.14. The lowest BCUT2D eigenvalue weighted by Gasteiger charge is -2.09. The van der Waals surface area contributed by atoms with Gasteiger partial charge in [-0.15, -0.1) is 10.2 Å². The lowest BCUT2D eigenvalue weighted by atomic mass is 10.1. The fourth-order valence-electron chi connectivity index (χ4n) is 2.62. The maximum Gasteiger partial charge on any atom is 0.230 e. The molecule has 144 valence electrons. The van der Waals surface area contributed by atoms with E-state index in [0.29, 0.717) is 17.4 Å². The van der Waals surface area contributed by atoms with Crippen LogP contribution in [0.25, 0.3) is 5.69 Å². The number of aryl methyl sites for hydroxylation is 1. The average molecular weight is 395 g/mol. The van der Waals surface area contributed by atoms with E-state index in [9.17, 15) is 9.59 Å². The van der Waals surface area contributed by atoms with Gasteiger partial charge in [0.1, 0.15) is 6.33 Å². The highest BCUT2D eigenvalue weighted by Crippen LogP contribution is 2.21. The second kappa shape index (κ2) is 9.18. The number of anilines is 1. The predicted octanol–water partition coefficient (Wildman–Crippen LogP) is 2.94.